The van der Waals surface area contributed by atoms with Crippen LogP contribution in [-0.4, -0.2) is 28.9 Å². The van der Waals surface area contributed by atoms with Crippen LogP contribution < -0.4 is 10.2 Å². The molecule has 8 heteroatoms. The van der Waals surface area contributed by atoms with E-state index in [9.17, 15) is 14.9 Å². The molecule has 2 aromatic rings. The number of carbonyl (C=O) groups excluding carboxylic acids is 1. The molecular weight excluding hydrogens is 435 g/mol. The maximum absolute atomic E-state index is 12.7. The average Bonchev–Trinajstić information content (AvgIpc) is 2.63. The molecule has 1 N–H and O–H groups in total. The molecular formula is C17H17IN4O3. The van der Waals surface area contributed by atoms with Crippen molar-refractivity contribution in [2.45, 2.75) is 19.3 Å². The summed E-state index contributed by atoms with van der Waals surface area (Å²) in [5, 5.41) is 13.8. The van der Waals surface area contributed by atoms with Crippen molar-refractivity contribution in [1.82, 2.24) is 4.98 Å². The van der Waals surface area contributed by atoms with E-state index in [1.807, 2.05) is 22.6 Å². The topological polar surface area (TPSA) is 88.4 Å². The summed E-state index contributed by atoms with van der Waals surface area (Å²) in [5.41, 5.74) is 0.799. The van der Waals surface area contributed by atoms with Gasteiger partial charge in [-0.15, -0.1) is 0 Å². The third-order valence-corrected chi connectivity index (χ3v) is 5.04. The SMILES string of the molecule is O=C(Nc1cccnc1N1CCCCC1)c1cc([N+](=O)[O-])ccc1I. The number of amides is 1. The van der Waals surface area contributed by atoms with Gasteiger partial charge in [0, 0.05) is 35.0 Å². The molecule has 1 aromatic carbocycles. The molecule has 0 aliphatic carbocycles. The Bertz CT molecular complexity index is 806. The Morgan fingerprint density at radius 3 is 2.72 bits per heavy atom. The molecule has 0 bridgehead atoms. The van der Waals surface area contributed by atoms with Crippen LogP contribution in [0.4, 0.5) is 17.2 Å². The lowest BCUT2D eigenvalue weighted by atomic mass is 10.1. The largest absolute Gasteiger partial charge is 0.355 e. The van der Waals surface area contributed by atoms with Gasteiger partial charge in [0.1, 0.15) is 0 Å². The van der Waals surface area contributed by atoms with Gasteiger partial charge >= 0.3 is 0 Å². The molecule has 1 aliphatic rings. The summed E-state index contributed by atoms with van der Waals surface area (Å²) >= 11 is 2.00. The number of anilines is 2. The standard InChI is InChI=1S/C17H17IN4O3/c18-14-7-6-12(22(24)25)11-13(14)17(23)20-15-5-4-8-19-16(15)21-9-2-1-3-10-21/h4-8,11H,1-3,9-10H2,(H,20,23). The lowest BCUT2D eigenvalue weighted by Gasteiger charge is -2.29. The van der Waals surface area contributed by atoms with E-state index < -0.39 is 4.92 Å². The van der Waals surface area contributed by atoms with Crippen molar-refractivity contribution in [3.05, 3.63) is 55.8 Å². The number of carbonyl (C=O) groups is 1. The fourth-order valence-electron chi connectivity index (χ4n) is 2.84. The van der Waals surface area contributed by atoms with E-state index in [2.05, 4.69) is 15.2 Å². The van der Waals surface area contributed by atoms with Crippen LogP contribution in [0.3, 0.4) is 0 Å². The second-order valence-electron chi connectivity index (χ2n) is 5.80. The quantitative estimate of drug-likeness (QED) is 0.433. The van der Waals surface area contributed by atoms with Gasteiger partial charge in [-0.25, -0.2) is 4.98 Å². The van der Waals surface area contributed by atoms with Gasteiger partial charge in [0.25, 0.3) is 11.6 Å². The van der Waals surface area contributed by atoms with Gasteiger partial charge < -0.3 is 10.2 Å². The molecule has 0 radical (unpaired) electrons. The maximum atomic E-state index is 12.7. The number of rotatable bonds is 4. The zero-order valence-corrected chi connectivity index (χ0v) is 15.6. The first-order chi connectivity index (χ1) is 12.1. The molecule has 1 aromatic heterocycles. The normalized spacial score (nSPS) is 14.2. The van der Waals surface area contributed by atoms with Crippen molar-refractivity contribution in [2.75, 3.05) is 23.3 Å². The van der Waals surface area contributed by atoms with Gasteiger partial charge in [0.15, 0.2) is 5.82 Å². The fourth-order valence-corrected chi connectivity index (χ4v) is 3.42. The number of hydrogen-bond acceptors (Lipinski definition) is 5. The van der Waals surface area contributed by atoms with Crippen LogP contribution in [0.2, 0.25) is 0 Å². The minimum atomic E-state index is -0.504. The van der Waals surface area contributed by atoms with Crippen LogP contribution in [0.1, 0.15) is 29.6 Å². The predicted molar refractivity (Wildman–Crippen MR) is 104 cm³/mol. The summed E-state index contributed by atoms with van der Waals surface area (Å²) in [6.07, 6.45) is 5.12. The van der Waals surface area contributed by atoms with Crippen molar-refractivity contribution in [2.24, 2.45) is 0 Å². The summed E-state index contributed by atoms with van der Waals surface area (Å²) in [5.74, 6) is 0.371. The molecule has 0 saturated carbocycles. The molecule has 7 nitrogen and oxygen atoms in total. The van der Waals surface area contributed by atoms with Crippen LogP contribution >= 0.6 is 22.6 Å². The Hall–Kier alpha value is -2.23. The summed E-state index contributed by atoms with van der Waals surface area (Å²) in [7, 11) is 0. The Morgan fingerprint density at radius 1 is 1.24 bits per heavy atom. The molecule has 0 spiro atoms. The fraction of sp³-hybridized carbons (Fsp3) is 0.294. The second kappa shape index (κ2) is 7.77. The number of halogens is 1. The molecule has 1 saturated heterocycles. The van der Waals surface area contributed by atoms with Gasteiger partial charge in [-0.2, -0.15) is 0 Å². The van der Waals surface area contributed by atoms with E-state index in [0.717, 1.165) is 31.7 Å². The highest BCUT2D eigenvalue weighted by Crippen LogP contribution is 2.27. The monoisotopic (exact) mass is 452 g/mol. The van der Waals surface area contributed by atoms with Gasteiger partial charge in [0.2, 0.25) is 0 Å². The van der Waals surface area contributed by atoms with E-state index in [1.54, 1.807) is 24.4 Å². The van der Waals surface area contributed by atoms with E-state index in [1.165, 1.54) is 18.6 Å². The van der Waals surface area contributed by atoms with Crippen molar-refractivity contribution in [3.8, 4) is 0 Å². The van der Waals surface area contributed by atoms with Gasteiger partial charge in [-0.1, -0.05) is 0 Å². The Labute approximate surface area is 158 Å². The number of piperidine rings is 1. The summed E-state index contributed by atoms with van der Waals surface area (Å²) in [6.45, 7) is 1.82. The number of nitrogens with one attached hydrogen (secondary N) is 1. The zero-order valence-electron chi connectivity index (χ0n) is 13.4. The molecule has 3 rings (SSSR count). The van der Waals surface area contributed by atoms with E-state index in [0.29, 0.717) is 9.26 Å². The van der Waals surface area contributed by atoms with Crippen LogP contribution in [0, 0.1) is 13.7 Å². The van der Waals surface area contributed by atoms with Crippen LogP contribution in [-0.2, 0) is 0 Å². The second-order valence-corrected chi connectivity index (χ2v) is 6.96. The van der Waals surface area contributed by atoms with Gasteiger partial charge in [0.05, 0.1) is 16.2 Å². The third kappa shape index (κ3) is 4.06. The molecule has 1 aliphatic heterocycles. The summed E-state index contributed by atoms with van der Waals surface area (Å²) in [6, 6.07) is 7.83. The molecule has 0 atom stereocenters. The number of benzene rings is 1. The minimum absolute atomic E-state index is 0.104. The predicted octanol–water partition coefficient (Wildman–Crippen LogP) is 3.84. The van der Waals surface area contributed by atoms with Crippen LogP contribution in [0.25, 0.3) is 0 Å². The number of non-ortho nitro benzene ring substituents is 1. The third-order valence-electron chi connectivity index (χ3n) is 4.10. The Balaban J connectivity index is 1.86. The number of hydrogen-bond donors (Lipinski definition) is 1. The van der Waals surface area contributed by atoms with Crippen molar-refractivity contribution in [1.29, 1.82) is 0 Å². The smallest absolute Gasteiger partial charge is 0.270 e. The number of nitrogens with zero attached hydrogens (tertiary/aromatic N) is 3. The molecule has 1 amide bonds. The van der Waals surface area contributed by atoms with Crippen LogP contribution in [0.15, 0.2) is 36.5 Å². The zero-order chi connectivity index (χ0) is 17.8. The van der Waals surface area contributed by atoms with Crippen molar-refractivity contribution < 1.29 is 9.72 Å². The first kappa shape index (κ1) is 17.6. The number of pyridine rings is 1. The van der Waals surface area contributed by atoms with Crippen LogP contribution in [0.5, 0.6) is 0 Å². The Morgan fingerprint density at radius 2 is 2.00 bits per heavy atom. The Kier molecular flexibility index (Phi) is 5.47. The highest BCUT2D eigenvalue weighted by Gasteiger charge is 2.20. The lowest BCUT2D eigenvalue weighted by molar-refractivity contribution is -0.384. The maximum Gasteiger partial charge on any atom is 0.270 e. The first-order valence-corrected chi connectivity index (χ1v) is 9.09. The first-order valence-electron chi connectivity index (χ1n) is 8.01. The average molecular weight is 452 g/mol. The van der Waals surface area contributed by atoms with Crippen molar-refractivity contribution >= 4 is 45.7 Å². The van der Waals surface area contributed by atoms with Gasteiger partial charge in [-0.05, 0) is 60.1 Å². The van der Waals surface area contributed by atoms with Gasteiger partial charge in [-0.3, -0.25) is 14.9 Å². The number of nitro groups is 1. The van der Waals surface area contributed by atoms with E-state index in [-0.39, 0.29) is 17.2 Å². The van der Waals surface area contributed by atoms with Crippen molar-refractivity contribution in [3.63, 3.8) is 0 Å². The molecule has 1 fully saturated rings. The molecule has 0 unspecified atom stereocenters. The minimum Gasteiger partial charge on any atom is -0.355 e. The summed E-state index contributed by atoms with van der Waals surface area (Å²) < 4.78 is 0.657. The highest BCUT2D eigenvalue weighted by atomic mass is 127. The number of nitro benzene ring substituents is 1. The molecule has 2 heterocycles. The lowest BCUT2D eigenvalue weighted by Crippen LogP contribution is -2.31. The number of aromatic nitrogens is 1. The van der Waals surface area contributed by atoms with E-state index in [4.69, 9.17) is 0 Å². The van der Waals surface area contributed by atoms with E-state index >= 15 is 0 Å². The summed E-state index contributed by atoms with van der Waals surface area (Å²) in [4.78, 5) is 29.7. The molecule has 130 valence electrons. The molecule has 25 heavy (non-hydrogen) atoms. The highest BCUT2D eigenvalue weighted by molar-refractivity contribution is 14.1.